The van der Waals surface area contributed by atoms with Gasteiger partial charge < -0.3 is 20.6 Å². The molecule has 0 radical (unpaired) electrons. The minimum atomic E-state index is -0.452. The molecule has 8 heteroatoms. The molecule has 0 bridgehead atoms. The second kappa shape index (κ2) is 6.10. The highest BCUT2D eigenvalue weighted by molar-refractivity contribution is 8.13. The highest BCUT2D eigenvalue weighted by Gasteiger charge is 2.15. The highest BCUT2D eigenvalue weighted by atomic mass is 32.2. The number of rotatable bonds is 3. The number of carbonyl (C=O) groups is 1. The average molecular weight is 270 g/mol. The van der Waals surface area contributed by atoms with Crippen molar-refractivity contribution in [3.63, 3.8) is 0 Å². The summed E-state index contributed by atoms with van der Waals surface area (Å²) in [5.74, 6) is 0.761. The van der Waals surface area contributed by atoms with Gasteiger partial charge in [-0.05, 0) is 13.0 Å². The van der Waals surface area contributed by atoms with Gasteiger partial charge in [0.05, 0.1) is 12.9 Å². The number of guanidine groups is 1. The first-order valence-electron chi connectivity index (χ1n) is 4.92. The fourth-order valence-electron chi connectivity index (χ4n) is 1.22. The Hall–Kier alpha value is -1.96. The first kappa shape index (κ1) is 14.1. The maximum Gasteiger partial charge on any atom is 0.341 e. The normalized spacial score (nSPS) is 9.89. The fourth-order valence-corrected chi connectivity index (χ4v) is 1.81. The van der Waals surface area contributed by atoms with E-state index in [4.69, 9.17) is 21.3 Å². The van der Waals surface area contributed by atoms with Crippen LogP contribution in [0.4, 0.5) is 0 Å². The third-order valence-corrected chi connectivity index (χ3v) is 2.75. The summed E-state index contributed by atoms with van der Waals surface area (Å²) in [4.78, 5) is 14.9. The van der Waals surface area contributed by atoms with E-state index < -0.39 is 5.97 Å². The van der Waals surface area contributed by atoms with Gasteiger partial charge >= 0.3 is 5.97 Å². The molecule has 1 rings (SSSR count). The molecular formula is C10H14N4O3S. The second-order valence-electron chi connectivity index (χ2n) is 3.30. The lowest BCUT2D eigenvalue weighted by molar-refractivity contribution is 0.0599. The standard InChI is InChI=1S/C10H14N4O3S/c1-5-7(8(15)16-2)3-6(17-5)4-18-10(13)14-9(11)12/h3H,4H2,1-2H3,(H5,11,12,13,14). The van der Waals surface area contributed by atoms with Crippen LogP contribution >= 0.6 is 11.8 Å². The number of methoxy groups -OCH3 is 1. The van der Waals surface area contributed by atoms with Crippen molar-refractivity contribution in [1.82, 2.24) is 0 Å². The first-order chi connectivity index (χ1) is 8.43. The number of ether oxygens (including phenoxy) is 1. The minimum absolute atomic E-state index is 0.0244. The van der Waals surface area contributed by atoms with Crippen LogP contribution in [0.15, 0.2) is 15.5 Å². The van der Waals surface area contributed by atoms with Gasteiger partial charge in [0.1, 0.15) is 17.1 Å². The number of thioether (sulfide) groups is 1. The molecule has 0 aliphatic rings. The molecular weight excluding hydrogens is 256 g/mol. The van der Waals surface area contributed by atoms with Gasteiger partial charge in [-0.1, -0.05) is 11.8 Å². The summed E-state index contributed by atoms with van der Waals surface area (Å²) in [6, 6.07) is 1.58. The van der Waals surface area contributed by atoms with Crippen molar-refractivity contribution in [2.75, 3.05) is 7.11 Å². The summed E-state index contributed by atoms with van der Waals surface area (Å²) in [5.41, 5.74) is 10.7. The lowest BCUT2D eigenvalue weighted by Gasteiger charge is -1.96. The largest absolute Gasteiger partial charge is 0.465 e. The lowest BCUT2D eigenvalue weighted by atomic mass is 10.2. The summed E-state index contributed by atoms with van der Waals surface area (Å²) in [5, 5.41) is 7.41. The van der Waals surface area contributed by atoms with Gasteiger partial charge in [-0.15, -0.1) is 0 Å². The van der Waals surface area contributed by atoms with E-state index in [-0.39, 0.29) is 11.1 Å². The number of nitrogens with zero attached hydrogens (tertiary/aromatic N) is 1. The predicted molar refractivity (Wildman–Crippen MR) is 69.6 cm³/mol. The van der Waals surface area contributed by atoms with Crippen LogP contribution in [0.25, 0.3) is 0 Å². The van der Waals surface area contributed by atoms with Crippen molar-refractivity contribution >= 4 is 28.9 Å². The molecule has 0 unspecified atom stereocenters. The maximum atomic E-state index is 11.3. The molecule has 1 aromatic heterocycles. The summed E-state index contributed by atoms with van der Waals surface area (Å²) in [6.45, 7) is 1.67. The molecule has 0 saturated heterocycles. The second-order valence-corrected chi connectivity index (χ2v) is 4.27. The average Bonchev–Trinajstić information content (AvgIpc) is 2.66. The van der Waals surface area contributed by atoms with E-state index in [2.05, 4.69) is 9.73 Å². The van der Waals surface area contributed by atoms with E-state index in [1.807, 2.05) is 0 Å². The number of aliphatic imine (C=N–C) groups is 1. The Bertz CT molecular complexity index is 491. The quantitative estimate of drug-likeness (QED) is 0.423. The van der Waals surface area contributed by atoms with E-state index in [1.54, 1.807) is 13.0 Å². The summed E-state index contributed by atoms with van der Waals surface area (Å²) < 4.78 is 9.97. The van der Waals surface area contributed by atoms with Crippen molar-refractivity contribution in [1.29, 1.82) is 5.41 Å². The number of nitrogens with two attached hydrogens (primary N) is 2. The van der Waals surface area contributed by atoms with Crippen LogP contribution in [0.2, 0.25) is 0 Å². The number of hydrogen-bond donors (Lipinski definition) is 3. The van der Waals surface area contributed by atoms with Crippen molar-refractivity contribution < 1.29 is 13.9 Å². The van der Waals surface area contributed by atoms with E-state index >= 15 is 0 Å². The third kappa shape index (κ3) is 3.81. The zero-order valence-corrected chi connectivity index (χ0v) is 10.8. The number of nitrogens with one attached hydrogen (secondary N) is 1. The third-order valence-electron chi connectivity index (χ3n) is 1.96. The Morgan fingerprint density at radius 1 is 1.61 bits per heavy atom. The Morgan fingerprint density at radius 3 is 2.83 bits per heavy atom. The molecule has 0 atom stereocenters. The molecule has 0 amide bonds. The fraction of sp³-hybridized carbons (Fsp3) is 0.300. The Kier molecular flexibility index (Phi) is 4.78. The minimum Gasteiger partial charge on any atom is -0.465 e. The topological polar surface area (TPSA) is 128 Å². The first-order valence-corrected chi connectivity index (χ1v) is 5.91. The number of aryl methyl sites for hydroxylation is 1. The van der Waals surface area contributed by atoms with Gasteiger partial charge in [0.15, 0.2) is 11.1 Å². The van der Waals surface area contributed by atoms with E-state index in [9.17, 15) is 4.79 Å². The van der Waals surface area contributed by atoms with Crippen LogP contribution in [-0.2, 0) is 10.5 Å². The Balaban J connectivity index is 2.67. The van der Waals surface area contributed by atoms with E-state index in [1.165, 1.54) is 7.11 Å². The number of furan rings is 1. The maximum absolute atomic E-state index is 11.3. The van der Waals surface area contributed by atoms with Gasteiger partial charge in [-0.25, -0.2) is 4.79 Å². The molecule has 5 N–H and O–H groups in total. The number of carbonyl (C=O) groups excluding carboxylic acids is 1. The number of esters is 1. The van der Waals surface area contributed by atoms with Gasteiger partial charge in [0, 0.05) is 0 Å². The lowest BCUT2D eigenvalue weighted by Crippen LogP contribution is -2.23. The predicted octanol–water partition coefficient (Wildman–Crippen LogP) is 0.816. The molecule has 1 aromatic rings. The zero-order chi connectivity index (χ0) is 13.7. The van der Waals surface area contributed by atoms with E-state index in [0.717, 1.165) is 11.8 Å². The molecule has 0 saturated carbocycles. The van der Waals surface area contributed by atoms with Crippen LogP contribution in [0.5, 0.6) is 0 Å². The molecule has 18 heavy (non-hydrogen) atoms. The van der Waals surface area contributed by atoms with Crippen molar-refractivity contribution in [2.45, 2.75) is 12.7 Å². The summed E-state index contributed by atoms with van der Waals surface area (Å²) in [6.07, 6.45) is 0. The van der Waals surface area contributed by atoms with E-state index in [0.29, 0.717) is 22.8 Å². The zero-order valence-electron chi connectivity index (χ0n) is 10.0. The molecule has 1 heterocycles. The Morgan fingerprint density at radius 2 is 2.28 bits per heavy atom. The SMILES string of the molecule is COC(=O)c1cc(CSC(=N)N=C(N)N)oc1C. The summed E-state index contributed by atoms with van der Waals surface area (Å²) >= 11 is 1.09. The highest BCUT2D eigenvalue weighted by Crippen LogP contribution is 2.20. The number of amidine groups is 1. The number of hydrogen-bond acceptors (Lipinski definition) is 5. The molecule has 98 valence electrons. The molecule has 0 aromatic carbocycles. The molecule has 0 spiro atoms. The molecule has 0 fully saturated rings. The van der Waals surface area contributed by atoms with Crippen LogP contribution < -0.4 is 11.5 Å². The van der Waals surface area contributed by atoms with Gasteiger partial charge in [0.25, 0.3) is 0 Å². The van der Waals surface area contributed by atoms with Crippen LogP contribution in [0.1, 0.15) is 21.9 Å². The Labute approximate surface area is 108 Å². The van der Waals surface area contributed by atoms with Gasteiger partial charge in [0.2, 0.25) is 0 Å². The van der Waals surface area contributed by atoms with Gasteiger partial charge in [-0.3, -0.25) is 5.41 Å². The van der Waals surface area contributed by atoms with Crippen molar-refractivity contribution in [3.05, 3.63) is 23.2 Å². The van der Waals surface area contributed by atoms with Crippen molar-refractivity contribution in [3.8, 4) is 0 Å². The molecule has 0 aliphatic heterocycles. The molecule has 7 nitrogen and oxygen atoms in total. The van der Waals surface area contributed by atoms with Crippen LogP contribution in [-0.4, -0.2) is 24.2 Å². The monoisotopic (exact) mass is 270 g/mol. The van der Waals surface area contributed by atoms with Gasteiger partial charge in [-0.2, -0.15) is 4.99 Å². The summed E-state index contributed by atoms with van der Waals surface area (Å²) in [7, 11) is 1.30. The smallest absolute Gasteiger partial charge is 0.341 e. The van der Waals surface area contributed by atoms with Crippen molar-refractivity contribution in [2.24, 2.45) is 16.5 Å². The molecule has 0 aliphatic carbocycles. The van der Waals surface area contributed by atoms with Crippen LogP contribution in [0.3, 0.4) is 0 Å². The van der Waals surface area contributed by atoms with Crippen LogP contribution in [0, 0.1) is 12.3 Å².